The van der Waals surface area contributed by atoms with E-state index < -0.39 is 5.63 Å². The van der Waals surface area contributed by atoms with Gasteiger partial charge in [-0.25, -0.2) is 4.79 Å². The van der Waals surface area contributed by atoms with Gasteiger partial charge in [0.15, 0.2) is 0 Å². The fourth-order valence-corrected chi connectivity index (χ4v) is 3.03. The van der Waals surface area contributed by atoms with E-state index in [1.54, 1.807) is 0 Å². The van der Waals surface area contributed by atoms with Gasteiger partial charge in [0.25, 0.3) is 0 Å². The van der Waals surface area contributed by atoms with Crippen molar-refractivity contribution in [1.29, 1.82) is 0 Å². The van der Waals surface area contributed by atoms with Gasteiger partial charge in [0.2, 0.25) is 0 Å². The zero-order valence-electron chi connectivity index (χ0n) is 10.6. The van der Waals surface area contributed by atoms with Crippen LogP contribution < -0.4 is 5.63 Å². The maximum Gasteiger partial charge on any atom is 0.336 e. The molecule has 100 valence electrons. The van der Waals surface area contributed by atoms with Gasteiger partial charge in [-0.3, -0.25) is 0 Å². The van der Waals surface area contributed by atoms with Gasteiger partial charge in [0.05, 0.1) is 5.39 Å². The number of hydrogen-bond acceptors (Lipinski definition) is 4. The summed E-state index contributed by atoms with van der Waals surface area (Å²) in [5.74, 6) is 0.157. The molecule has 0 radical (unpaired) electrons. The number of fused-ring (bicyclic) bond motifs is 1. The minimum Gasteiger partial charge on any atom is -0.508 e. The molecule has 0 saturated heterocycles. The van der Waals surface area contributed by atoms with E-state index in [4.69, 9.17) is 4.42 Å². The van der Waals surface area contributed by atoms with Gasteiger partial charge < -0.3 is 14.6 Å². The van der Waals surface area contributed by atoms with Crippen molar-refractivity contribution in [2.45, 2.75) is 38.0 Å². The summed E-state index contributed by atoms with van der Waals surface area (Å²) >= 11 is 0. The Labute approximate surface area is 110 Å². The summed E-state index contributed by atoms with van der Waals surface area (Å²) in [5, 5.41) is 20.1. The molecule has 0 atom stereocenters. The first-order valence-corrected chi connectivity index (χ1v) is 6.65. The lowest BCUT2D eigenvalue weighted by atomic mass is 9.83. The summed E-state index contributed by atoms with van der Waals surface area (Å²) in [6.07, 6.45) is 5.57. The van der Waals surface area contributed by atoms with Crippen LogP contribution in [0.2, 0.25) is 0 Å². The van der Waals surface area contributed by atoms with E-state index in [0.29, 0.717) is 5.39 Å². The van der Waals surface area contributed by atoms with Crippen LogP contribution in [-0.4, -0.2) is 10.2 Å². The number of phenolic OH excluding ortho intramolecular Hbond substituents is 2. The molecule has 0 spiro atoms. The molecule has 1 saturated carbocycles. The van der Waals surface area contributed by atoms with Crippen LogP contribution in [0.4, 0.5) is 0 Å². The average molecular weight is 260 g/mol. The monoisotopic (exact) mass is 260 g/mol. The Kier molecular flexibility index (Phi) is 2.93. The molecule has 1 fully saturated rings. The quantitative estimate of drug-likeness (QED) is 0.772. The molecule has 0 amide bonds. The van der Waals surface area contributed by atoms with Crippen LogP contribution in [0.25, 0.3) is 11.0 Å². The first-order chi connectivity index (χ1) is 9.15. The Morgan fingerprint density at radius 3 is 2.53 bits per heavy atom. The molecule has 0 bridgehead atoms. The SMILES string of the molecule is O=c1cc(C2CCCCC2)c2c(O)cc(O)cc2o1. The summed E-state index contributed by atoms with van der Waals surface area (Å²) < 4.78 is 5.08. The summed E-state index contributed by atoms with van der Waals surface area (Å²) in [6, 6.07) is 4.15. The summed E-state index contributed by atoms with van der Waals surface area (Å²) in [4.78, 5) is 11.6. The van der Waals surface area contributed by atoms with Crippen LogP contribution in [0.5, 0.6) is 11.5 Å². The molecule has 1 aliphatic rings. The highest BCUT2D eigenvalue weighted by Gasteiger charge is 2.21. The average Bonchev–Trinajstić information content (AvgIpc) is 2.38. The Hall–Kier alpha value is -1.97. The second-order valence-electron chi connectivity index (χ2n) is 5.19. The van der Waals surface area contributed by atoms with Crippen molar-refractivity contribution >= 4 is 11.0 Å². The zero-order valence-corrected chi connectivity index (χ0v) is 10.6. The maximum absolute atomic E-state index is 11.6. The number of aromatic hydroxyl groups is 2. The largest absolute Gasteiger partial charge is 0.508 e. The third kappa shape index (κ3) is 2.18. The second kappa shape index (κ2) is 4.61. The van der Waals surface area contributed by atoms with Gasteiger partial charge in [-0.1, -0.05) is 19.3 Å². The van der Waals surface area contributed by atoms with Crippen molar-refractivity contribution in [3.8, 4) is 11.5 Å². The van der Waals surface area contributed by atoms with Gasteiger partial charge in [0, 0.05) is 18.2 Å². The highest BCUT2D eigenvalue weighted by Crippen LogP contribution is 2.39. The summed E-state index contributed by atoms with van der Waals surface area (Å²) in [7, 11) is 0. The first kappa shape index (κ1) is 12.1. The predicted octanol–water partition coefficient (Wildman–Crippen LogP) is 3.25. The summed E-state index contributed by atoms with van der Waals surface area (Å²) in [6.45, 7) is 0. The van der Waals surface area contributed by atoms with Crippen molar-refractivity contribution in [2.75, 3.05) is 0 Å². The Bertz CT molecular complexity index is 666. The van der Waals surface area contributed by atoms with Gasteiger partial charge in [-0.15, -0.1) is 0 Å². The zero-order chi connectivity index (χ0) is 13.4. The second-order valence-corrected chi connectivity index (χ2v) is 5.19. The molecule has 19 heavy (non-hydrogen) atoms. The van der Waals surface area contributed by atoms with Crippen molar-refractivity contribution in [1.82, 2.24) is 0 Å². The Morgan fingerprint density at radius 1 is 1.05 bits per heavy atom. The van der Waals surface area contributed by atoms with E-state index in [1.807, 2.05) is 0 Å². The number of benzene rings is 1. The van der Waals surface area contributed by atoms with E-state index in [0.717, 1.165) is 31.2 Å². The van der Waals surface area contributed by atoms with E-state index >= 15 is 0 Å². The minimum atomic E-state index is -0.432. The number of hydrogen-bond donors (Lipinski definition) is 2. The minimum absolute atomic E-state index is 0.0284. The molecule has 1 aromatic heterocycles. The van der Waals surface area contributed by atoms with Crippen LogP contribution in [0.15, 0.2) is 27.4 Å². The van der Waals surface area contributed by atoms with Gasteiger partial charge in [-0.2, -0.15) is 0 Å². The summed E-state index contributed by atoms with van der Waals surface area (Å²) in [5.41, 5.74) is 0.673. The smallest absolute Gasteiger partial charge is 0.336 e. The Balaban J connectivity index is 2.25. The predicted molar refractivity (Wildman–Crippen MR) is 71.6 cm³/mol. The van der Waals surface area contributed by atoms with Crippen LogP contribution in [0.3, 0.4) is 0 Å². The molecule has 1 heterocycles. The molecule has 2 N–H and O–H groups in total. The molecule has 2 aromatic rings. The highest BCUT2D eigenvalue weighted by atomic mass is 16.4. The van der Waals surface area contributed by atoms with Crippen LogP contribution in [-0.2, 0) is 0 Å². The molecular formula is C15H16O4. The van der Waals surface area contributed by atoms with E-state index in [1.165, 1.54) is 24.6 Å². The number of phenols is 2. The van der Waals surface area contributed by atoms with E-state index in [9.17, 15) is 15.0 Å². The van der Waals surface area contributed by atoms with Crippen LogP contribution >= 0.6 is 0 Å². The van der Waals surface area contributed by atoms with Crippen molar-refractivity contribution in [3.05, 3.63) is 34.2 Å². The molecule has 4 heteroatoms. The lowest BCUT2D eigenvalue weighted by Crippen LogP contribution is -2.09. The van der Waals surface area contributed by atoms with Gasteiger partial charge >= 0.3 is 5.63 Å². The normalized spacial score (nSPS) is 16.8. The molecule has 0 aliphatic heterocycles. The molecule has 1 aliphatic carbocycles. The van der Waals surface area contributed by atoms with Gasteiger partial charge in [0.1, 0.15) is 17.1 Å². The lowest BCUT2D eigenvalue weighted by Gasteiger charge is -2.23. The first-order valence-electron chi connectivity index (χ1n) is 6.65. The topological polar surface area (TPSA) is 70.7 Å². The third-order valence-corrected chi connectivity index (χ3v) is 3.88. The van der Waals surface area contributed by atoms with Crippen molar-refractivity contribution in [2.24, 2.45) is 0 Å². The standard InChI is InChI=1S/C15H16O4/c16-10-6-12(17)15-11(9-4-2-1-3-5-9)8-14(18)19-13(15)7-10/h6-9,16-17H,1-5H2. The molecule has 3 rings (SSSR count). The third-order valence-electron chi connectivity index (χ3n) is 3.88. The van der Waals surface area contributed by atoms with Crippen molar-refractivity contribution < 1.29 is 14.6 Å². The Morgan fingerprint density at radius 2 is 1.79 bits per heavy atom. The maximum atomic E-state index is 11.6. The molecule has 1 aromatic carbocycles. The molecule has 0 unspecified atom stereocenters. The van der Waals surface area contributed by atoms with Gasteiger partial charge in [-0.05, 0) is 24.3 Å². The van der Waals surface area contributed by atoms with E-state index in [-0.39, 0.29) is 23.0 Å². The number of rotatable bonds is 1. The molecular weight excluding hydrogens is 244 g/mol. The molecule has 4 nitrogen and oxygen atoms in total. The fourth-order valence-electron chi connectivity index (χ4n) is 3.03. The highest BCUT2D eigenvalue weighted by molar-refractivity contribution is 5.88. The van der Waals surface area contributed by atoms with E-state index in [2.05, 4.69) is 0 Å². The van der Waals surface area contributed by atoms with Crippen LogP contribution in [0.1, 0.15) is 43.6 Å². The lowest BCUT2D eigenvalue weighted by molar-refractivity contribution is 0.435. The fraction of sp³-hybridized carbons (Fsp3) is 0.400. The van der Waals surface area contributed by atoms with Crippen molar-refractivity contribution in [3.63, 3.8) is 0 Å². The van der Waals surface area contributed by atoms with Crippen LogP contribution in [0, 0.1) is 0 Å².